The monoisotopic (exact) mass is 329 g/mol. The molecule has 1 aliphatic heterocycles. The van der Waals surface area contributed by atoms with Gasteiger partial charge in [-0.1, -0.05) is 12.8 Å². The van der Waals surface area contributed by atoms with Crippen LogP contribution in [0.4, 0.5) is 4.39 Å². The standard InChI is InChI=1S/C18H20FN3O2/c19-14-5-3-13(4-6-14)15-11-16(21-20-15)17(23)22-9-10-24-18(12-22)7-1-2-8-18/h3-6,11H,1-2,7-10,12H2,(H,20,21). The van der Waals surface area contributed by atoms with E-state index in [0.717, 1.165) is 18.4 Å². The van der Waals surface area contributed by atoms with E-state index in [1.807, 2.05) is 4.90 Å². The van der Waals surface area contributed by atoms with Gasteiger partial charge in [0.05, 0.1) is 24.4 Å². The molecular formula is C18H20FN3O2. The van der Waals surface area contributed by atoms with Gasteiger partial charge in [-0.2, -0.15) is 5.10 Å². The van der Waals surface area contributed by atoms with E-state index in [0.29, 0.717) is 31.1 Å². The van der Waals surface area contributed by atoms with Crippen LogP contribution in [-0.2, 0) is 4.74 Å². The van der Waals surface area contributed by atoms with E-state index in [4.69, 9.17) is 4.74 Å². The van der Waals surface area contributed by atoms with E-state index in [1.165, 1.54) is 25.0 Å². The lowest BCUT2D eigenvalue weighted by Crippen LogP contribution is -2.52. The summed E-state index contributed by atoms with van der Waals surface area (Å²) in [7, 11) is 0. The predicted octanol–water partition coefficient (Wildman–Crippen LogP) is 3.00. The van der Waals surface area contributed by atoms with Crippen LogP contribution >= 0.6 is 0 Å². The van der Waals surface area contributed by atoms with Gasteiger partial charge in [0, 0.05) is 12.1 Å². The predicted molar refractivity (Wildman–Crippen MR) is 87.0 cm³/mol. The van der Waals surface area contributed by atoms with Gasteiger partial charge in [0.1, 0.15) is 11.5 Å². The molecule has 1 amide bonds. The van der Waals surface area contributed by atoms with E-state index < -0.39 is 0 Å². The van der Waals surface area contributed by atoms with Crippen LogP contribution < -0.4 is 0 Å². The number of nitrogens with one attached hydrogen (secondary N) is 1. The number of H-pyrrole nitrogens is 1. The first-order valence-electron chi connectivity index (χ1n) is 8.40. The third-order valence-corrected chi connectivity index (χ3v) is 5.00. The number of halogens is 1. The summed E-state index contributed by atoms with van der Waals surface area (Å²) in [5, 5.41) is 7.01. The van der Waals surface area contributed by atoms with Gasteiger partial charge in [0.15, 0.2) is 0 Å². The fourth-order valence-electron chi connectivity index (χ4n) is 3.71. The summed E-state index contributed by atoms with van der Waals surface area (Å²) in [4.78, 5) is 14.6. The van der Waals surface area contributed by atoms with Gasteiger partial charge in [-0.25, -0.2) is 4.39 Å². The Bertz CT molecular complexity index is 735. The topological polar surface area (TPSA) is 58.2 Å². The molecule has 1 saturated heterocycles. The summed E-state index contributed by atoms with van der Waals surface area (Å²) in [5.74, 6) is -0.341. The summed E-state index contributed by atoms with van der Waals surface area (Å²) in [6.45, 7) is 1.84. The minimum absolute atomic E-state index is 0.0505. The van der Waals surface area contributed by atoms with Crippen molar-refractivity contribution in [3.05, 3.63) is 41.8 Å². The number of ether oxygens (including phenoxy) is 1. The van der Waals surface area contributed by atoms with Crippen LogP contribution in [0.1, 0.15) is 36.2 Å². The highest BCUT2D eigenvalue weighted by molar-refractivity contribution is 5.93. The Balaban J connectivity index is 1.51. The lowest BCUT2D eigenvalue weighted by molar-refractivity contribution is -0.0949. The zero-order chi connectivity index (χ0) is 16.6. The Labute approximate surface area is 139 Å². The van der Waals surface area contributed by atoms with Gasteiger partial charge in [-0.3, -0.25) is 9.89 Å². The van der Waals surface area contributed by atoms with Crippen LogP contribution in [0.3, 0.4) is 0 Å². The average molecular weight is 329 g/mol. The highest BCUT2D eigenvalue weighted by atomic mass is 19.1. The molecule has 1 aromatic carbocycles. The third kappa shape index (κ3) is 2.82. The first-order valence-corrected chi connectivity index (χ1v) is 8.40. The lowest BCUT2D eigenvalue weighted by Gasteiger charge is -2.40. The molecule has 4 rings (SSSR count). The van der Waals surface area contributed by atoms with Crippen molar-refractivity contribution < 1.29 is 13.9 Å². The minimum atomic E-state index is -0.291. The minimum Gasteiger partial charge on any atom is -0.371 e. The second-order valence-corrected chi connectivity index (χ2v) is 6.64. The average Bonchev–Trinajstić information content (AvgIpc) is 3.25. The smallest absolute Gasteiger partial charge is 0.272 e. The fraction of sp³-hybridized carbons (Fsp3) is 0.444. The summed E-state index contributed by atoms with van der Waals surface area (Å²) >= 11 is 0. The van der Waals surface area contributed by atoms with Crippen LogP contribution in [-0.4, -0.2) is 46.3 Å². The van der Waals surface area contributed by atoms with Gasteiger partial charge in [0.2, 0.25) is 0 Å². The van der Waals surface area contributed by atoms with Crippen LogP contribution in [0.25, 0.3) is 11.3 Å². The van der Waals surface area contributed by atoms with E-state index in [1.54, 1.807) is 18.2 Å². The summed E-state index contributed by atoms with van der Waals surface area (Å²) in [6, 6.07) is 7.81. The maximum atomic E-state index is 13.0. The quantitative estimate of drug-likeness (QED) is 0.921. The van der Waals surface area contributed by atoms with Crippen molar-refractivity contribution in [3.8, 4) is 11.3 Å². The molecule has 2 heterocycles. The zero-order valence-corrected chi connectivity index (χ0v) is 13.4. The molecule has 0 bridgehead atoms. The Hall–Kier alpha value is -2.21. The number of carbonyl (C=O) groups excluding carboxylic acids is 1. The fourth-order valence-corrected chi connectivity index (χ4v) is 3.71. The molecular weight excluding hydrogens is 309 g/mol. The van der Waals surface area contributed by atoms with E-state index in [-0.39, 0.29) is 17.3 Å². The van der Waals surface area contributed by atoms with E-state index in [9.17, 15) is 9.18 Å². The Morgan fingerprint density at radius 1 is 1.25 bits per heavy atom. The van der Waals surface area contributed by atoms with Crippen LogP contribution in [0.2, 0.25) is 0 Å². The van der Waals surface area contributed by atoms with Crippen molar-refractivity contribution in [2.24, 2.45) is 0 Å². The number of carbonyl (C=O) groups is 1. The van der Waals surface area contributed by atoms with E-state index in [2.05, 4.69) is 10.2 Å². The first kappa shape index (κ1) is 15.3. The maximum Gasteiger partial charge on any atom is 0.272 e. The molecule has 2 aromatic rings. The van der Waals surface area contributed by atoms with Crippen molar-refractivity contribution in [2.45, 2.75) is 31.3 Å². The first-order chi connectivity index (χ1) is 11.7. The molecule has 1 aromatic heterocycles. The van der Waals surface area contributed by atoms with Crippen molar-refractivity contribution in [2.75, 3.05) is 19.7 Å². The largest absolute Gasteiger partial charge is 0.371 e. The summed E-state index contributed by atoms with van der Waals surface area (Å²) in [5.41, 5.74) is 1.74. The van der Waals surface area contributed by atoms with Crippen molar-refractivity contribution in [1.82, 2.24) is 15.1 Å². The lowest BCUT2D eigenvalue weighted by atomic mass is 9.99. The molecule has 0 atom stereocenters. The Kier molecular flexibility index (Phi) is 3.84. The van der Waals surface area contributed by atoms with Gasteiger partial charge in [-0.05, 0) is 43.2 Å². The number of morpholine rings is 1. The maximum absolute atomic E-state index is 13.0. The molecule has 2 fully saturated rings. The molecule has 126 valence electrons. The molecule has 1 aliphatic carbocycles. The number of amides is 1. The second-order valence-electron chi connectivity index (χ2n) is 6.64. The highest BCUT2D eigenvalue weighted by Gasteiger charge is 2.40. The third-order valence-electron chi connectivity index (χ3n) is 5.00. The SMILES string of the molecule is O=C(c1cc(-c2ccc(F)cc2)n[nH]1)N1CCOC2(CCCC2)C1. The number of benzene rings is 1. The molecule has 24 heavy (non-hydrogen) atoms. The molecule has 6 heteroatoms. The molecule has 2 aliphatic rings. The number of nitrogens with zero attached hydrogens (tertiary/aromatic N) is 2. The van der Waals surface area contributed by atoms with Crippen LogP contribution in [0.15, 0.2) is 30.3 Å². The summed E-state index contributed by atoms with van der Waals surface area (Å²) < 4.78 is 19.0. The number of aromatic amines is 1. The number of hydrogen-bond donors (Lipinski definition) is 1. The molecule has 1 spiro atoms. The van der Waals surface area contributed by atoms with Crippen LogP contribution in [0.5, 0.6) is 0 Å². The van der Waals surface area contributed by atoms with Gasteiger partial charge < -0.3 is 9.64 Å². The van der Waals surface area contributed by atoms with Crippen molar-refractivity contribution in [1.29, 1.82) is 0 Å². The van der Waals surface area contributed by atoms with Gasteiger partial charge in [-0.15, -0.1) is 0 Å². The Morgan fingerprint density at radius 2 is 2.00 bits per heavy atom. The molecule has 1 N–H and O–H groups in total. The molecule has 5 nitrogen and oxygen atoms in total. The molecule has 0 radical (unpaired) electrons. The molecule has 1 saturated carbocycles. The van der Waals surface area contributed by atoms with Crippen molar-refractivity contribution >= 4 is 5.91 Å². The number of hydrogen-bond acceptors (Lipinski definition) is 3. The molecule has 0 unspecified atom stereocenters. The Morgan fingerprint density at radius 3 is 2.75 bits per heavy atom. The second kappa shape index (κ2) is 6.02. The zero-order valence-electron chi connectivity index (χ0n) is 13.4. The van der Waals surface area contributed by atoms with Crippen molar-refractivity contribution in [3.63, 3.8) is 0 Å². The highest BCUT2D eigenvalue weighted by Crippen LogP contribution is 2.36. The summed E-state index contributed by atoms with van der Waals surface area (Å²) in [6.07, 6.45) is 4.39. The van der Waals surface area contributed by atoms with E-state index >= 15 is 0 Å². The van der Waals surface area contributed by atoms with Crippen LogP contribution in [0, 0.1) is 5.82 Å². The normalized spacial score (nSPS) is 19.8. The number of rotatable bonds is 2. The number of aromatic nitrogens is 2. The van der Waals surface area contributed by atoms with Gasteiger partial charge in [0.25, 0.3) is 5.91 Å². The van der Waals surface area contributed by atoms with Gasteiger partial charge >= 0.3 is 0 Å².